The average molecular weight is 517 g/mol. The number of benzene rings is 1. The lowest BCUT2D eigenvalue weighted by Gasteiger charge is -2.35. The summed E-state index contributed by atoms with van der Waals surface area (Å²) >= 11 is 0. The Morgan fingerprint density at radius 3 is 2.19 bits per heavy atom. The number of primary amides is 1. The van der Waals surface area contributed by atoms with E-state index in [1.54, 1.807) is 20.8 Å². The summed E-state index contributed by atoms with van der Waals surface area (Å²) in [5, 5.41) is 5.66. The van der Waals surface area contributed by atoms with Gasteiger partial charge < -0.3 is 26.0 Å². The summed E-state index contributed by atoms with van der Waals surface area (Å²) in [6.07, 6.45) is 5.23. The lowest BCUT2D eigenvalue weighted by Crippen LogP contribution is -2.54. The lowest BCUT2D eigenvalue weighted by atomic mass is 9.94. The van der Waals surface area contributed by atoms with Gasteiger partial charge >= 0.3 is 6.09 Å². The summed E-state index contributed by atoms with van der Waals surface area (Å²) in [6.45, 7) is 9.31. The molecule has 1 aliphatic rings. The number of carbonyl (C=O) groups excluding carboxylic acids is 4. The third-order valence-corrected chi connectivity index (χ3v) is 6.36. The molecule has 1 aliphatic carbocycles. The number of nitrogens with zero attached hydrogens (tertiary/aromatic N) is 1. The molecule has 1 fully saturated rings. The second kappa shape index (κ2) is 14.0. The molecule has 2 atom stereocenters. The highest BCUT2D eigenvalue weighted by molar-refractivity contribution is 5.94. The van der Waals surface area contributed by atoms with Crippen LogP contribution in [0.15, 0.2) is 24.3 Å². The summed E-state index contributed by atoms with van der Waals surface area (Å²) in [7, 11) is 0. The van der Waals surface area contributed by atoms with E-state index in [0.29, 0.717) is 12.0 Å². The van der Waals surface area contributed by atoms with Gasteiger partial charge in [0.05, 0.1) is 6.42 Å². The Balaban J connectivity index is 2.43. The quantitative estimate of drug-likeness (QED) is 0.412. The van der Waals surface area contributed by atoms with Gasteiger partial charge in [-0.1, -0.05) is 57.4 Å². The van der Waals surface area contributed by atoms with Crippen molar-refractivity contribution < 1.29 is 23.9 Å². The zero-order valence-electron chi connectivity index (χ0n) is 23.0. The van der Waals surface area contributed by atoms with Gasteiger partial charge in [-0.3, -0.25) is 14.4 Å². The fourth-order valence-corrected chi connectivity index (χ4v) is 4.59. The lowest BCUT2D eigenvalue weighted by molar-refractivity contribution is -0.143. The van der Waals surface area contributed by atoms with Gasteiger partial charge in [0.15, 0.2) is 0 Å². The van der Waals surface area contributed by atoms with E-state index in [1.807, 2.05) is 38.1 Å². The van der Waals surface area contributed by atoms with Gasteiger partial charge in [-0.2, -0.15) is 0 Å². The van der Waals surface area contributed by atoms with Crippen LogP contribution in [0.4, 0.5) is 4.79 Å². The molecule has 0 bridgehead atoms. The molecule has 2 rings (SSSR count). The molecular formula is C28H44N4O5. The van der Waals surface area contributed by atoms with E-state index in [1.165, 1.54) is 4.90 Å². The number of carbonyl (C=O) groups is 4. The number of alkyl carbamates (subject to hydrolysis) is 1. The molecule has 4 amide bonds. The third kappa shape index (κ3) is 9.70. The summed E-state index contributed by atoms with van der Waals surface area (Å²) in [4.78, 5) is 53.4. The Kier molecular flexibility index (Phi) is 11.4. The van der Waals surface area contributed by atoms with E-state index in [4.69, 9.17) is 10.5 Å². The van der Waals surface area contributed by atoms with Crippen LogP contribution in [0.25, 0.3) is 0 Å². The van der Waals surface area contributed by atoms with E-state index in [0.717, 1.165) is 44.1 Å². The van der Waals surface area contributed by atoms with Crippen LogP contribution in [-0.2, 0) is 25.5 Å². The van der Waals surface area contributed by atoms with Crippen molar-refractivity contribution in [2.24, 2.45) is 5.73 Å². The second-order valence-corrected chi connectivity index (χ2v) is 10.7. The molecule has 4 N–H and O–H groups in total. The van der Waals surface area contributed by atoms with E-state index in [9.17, 15) is 19.2 Å². The molecule has 1 aromatic rings. The number of ether oxygens (including phenoxy) is 1. The number of hydrogen-bond donors (Lipinski definition) is 3. The minimum absolute atomic E-state index is 0.0542. The first-order valence-corrected chi connectivity index (χ1v) is 13.4. The topological polar surface area (TPSA) is 131 Å². The summed E-state index contributed by atoms with van der Waals surface area (Å²) in [5.74, 6) is -1.58. The van der Waals surface area contributed by atoms with Crippen LogP contribution >= 0.6 is 0 Å². The largest absolute Gasteiger partial charge is 0.444 e. The molecule has 206 valence electrons. The third-order valence-electron chi connectivity index (χ3n) is 6.36. The van der Waals surface area contributed by atoms with E-state index < -0.39 is 42.0 Å². The Bertz CT molecular complexity index is 919. The van der Waals surface area contributed by atoms with Gasteiger partial charge in [0.25, 0.3) is 0 Å². The van der Waals surface area contributed by atoms with Crippen LogP contribution in [0.1, 0.15) is 96.7 Å². The molecule has 9 heteroatoms. The summed E-state index contributed by atoms with van der Waals surface area (Å²) in [5.41, 5.74) is 6.42. The van der Waals surface area contributed by atoms with E-state index in [2.05, 4.69) is 10.6 Å². The average Bonchev–Trinajstić information content (AvgIpc) is 2.82. The first kappa shape index (κ1) is 30.1. The molecule has 1 saturated carbocycles. The smallest absolute Gasteiger partial charge is 0.408 e. The monoisotopic (exact) mass is 516 g/mol. The highest BCUT2D eigenvalue weighted by Gasteiger charge is 2.37. The predicted octanol–water partition coefficient (Wildman–Crippen LogP) is 3.75. The van der Waals surface area contributed by atoms with Crippen LogP contribution in [0.3, 0.4) is 0 Å². The second-order valence-electron chi connectivity index (χ2n) is 10.7. The van der Waals surface area contributed by atoms with Crippen molar-refractivity contribution in [3.63, 3.8) is 0 Å². The highest BCUT2D eigenvalue weighted by Crippen LogP contribution is 2.26. The predicted molar refractivity (Wildman–Crippen MR) is 143 cm³/mol. The fourth-order valence-electron chi connectivity index (χ4n) is 4.59. The van der Waals surface area contributed by atoms with Crippen LogP contribution in [-0.4, -0.2) is 52.9 Å². The van der Waals surface area contributed by atoms with Crippen molar-refractivity contribution >= 4 is 23.8 Å². The Morgan fingerprint density at radius 1 is 1.05 bits per heavy atom. The van der Waals surface area contributed by atoms with Gasteiger partial charge in [-0.25, -0.2) is 4.79 Å². The molecule has 0 radical (unpaired) electrons. The maximum atomic E-state index is 13.9. The first-order chi connectivity index (χ1) is 17.4. The van der Waals surface area contributed by atoms with Crippen LogP contribution < -0.4 is 16.4 Å². The van der Waals surface area contributed by atoms with Crippen LogP contribution in [0.2, 0.25) is 0 Å². The molecule has 9 nitrogen and oxygen atoms in total. The Hall–Kier alpha value is -3.10. The molecule has 2 unspecified atom stereocenters. The zero-order valence-corrected chi connectivity index (χ0v) is 23.0. The van der Waals surface area contributed by atoms with Gasteiger partial charge in [-0.15, -0.1) is 0 Å². The summed E-state index contributed by atoms with van der Waals surface area (Å²) in [6, 6.07) is 5.50. The Morgan fingerprint density at radius 2 is 1.68 bits per heavy atom. The van der Waals surface area contributed by atoms with Crippen molar-refractivity contribution in [2.75, 3.05) is 6.54 Å². The van der Waals surface area contributed by atoms with Crippen molar-refractivity contribution in [2.45, 2.75) is 110 Å². The van der Waals surface area contributed by atoms with Crippen LogP contribution in [0, 0.1) is 0 Å². The fraction of sp³-hybridized carbons (Fsp3) is 0.643. The molecular weight excluding hydrogens is 472 g/mol. The first-order valence-electron chi connectivity index (χ1n) is 13.4. The van der Waals surface area contributed by atoms with E-state index in [-0.39, 0.29) is 18.5 Å². The zero-order chi connectivity index (χ0) is 27.6. The van der Waals surface area contributed by atoms with Crippen molar-refractivity contribution in [3.8, 4) is 0 Å². The van der Waals surface area contributed by atoms with Gasteiger partial charge in [0.2, 0.25) is 17.7 Å². The number of amides is 4. The van der Waals surface area contributed by atoms with Crippen molar-refractivity contribution in [1.82, 2.24) is 15.5 Å². The molecule has 0 aliphatic heterocycles. The van der Waals surface area contributed by atoms with E-state index >= 15 is 0 Å². The van der Waals surface area contributed by atoms with Crippen molar-refractivity contribution in [1.29, 1.82) is 0 Å². The molecule has 0 aromatic heterocycles. The summed E-state index contributed by atoms with van der Waals surface area (Å²) < 4.78 is 5.31. The molecule has 37 heavy (non-hydrogen) atoms. The van der Waals surface area contributed by atoms with Crippen LogP contribution in [0.5, 0.6) is 0 Å². The normalized spacial score (nSPS) is 15.8. The standard InChI is InChI=1S/C28H44N4O5/c1-6-17-32(26(35)22(18-23(29)33)31-27(36)37-28(3,4)5)24(20-15-13-19(7-2)14-16-20)25(34)30-21-11-9-8-10-12-21/h13-16,21-22,24H,6-12,17-18H2,1-5H3,(H2,29,33)(H,30,34)(H,31,36). The number of nitrogens with one attached hydrogen (secondary N) is 2. The Labute approximate surface area is 220 Å². The van der Waals surface area contributed by atoms with Gasteiger partial charge in [0.1, 0.15) is 17.7 Å². The minimum atomic E-state index is -1.27. The number of nitrogens with two attached hydrogens (primary N) is 1. The molecule has 0 heterocycles. The van der Waals surface area contributed by atoms with Gasteiger partial charge in [0, 0.05) is 12.6 Å². The molecule has 0 spiro atoms. The van der Waals surface area contributed by atoms with Crippen molar-refractivity contribution in [3.05, 3.63) is 35.4 Å². The maximum Gasteiger partial charge on any atom is 0.408 e. The minimum Gasteiger partial charge on any atom is -0.444 e. The SMILES string of the molecule is CCCN(C(=O)C(CC(N)=O)NC(=O)OC(C)(C)C)C(C(=O)NC1CCCCC1)c1ccc(CC)cc1. The molecule has 0 saturated heterocycles. The maximum absolute atomic E-state index is 13.9. The number of rotatable bonds is 11. The highest BCUT2D eigenvalue weighted by atomic mass is 16.6. The van der Waals surface area contributed by atoms with Gasteiger partial charge in [-0.05, 0) is 57.6 Å². The number of aryl methyl sites for hydroxylation is 1. The number of hydrogen-bond acceptors (Lipinski definition) is 5. The molecule has 1 aromatic carbocycles.